The van der Waals surface area contributed by atoms with Crippen LogP contribution in [0.3, 0.4) is 0 Å². The molecule has 1 N–H and O–H groups in total. The summed E-state index contributed by atoms with van der Waals surface area (Å²) in [7, 11) is 2.19. The number of halogens is 1. The minimum absolute atomic E-state index is 0.824. The highest BCUT2D eigenvalue weighted by molar-refractivity contribution is 7.10. The smallest absolute Gasteiger partial charge is 0.0516 e. The molecule has 1 unspecified atom stereocenters. The van der Waals surface area contributed by atoms with Gasteiger partial charge in [-0.2, -0.15) is 0 Å². The van der Waals surface area contributed by atoms with Gasteiger partial charge in [-0.25, -0.2) is 0 Å². The first-order valence-electron chi connectivity index (χ1n) is 5.36. The molecule has 0 amide bonds. The van der Waals surface area contributed by atoms with E-state index in [1.54, 1.807) is 11.3 Å². The van der Waals surface area contributed by atoms with Crippen LogP contribution in [0.5, 0.6) is 0 Å². The van der Waals surface area contributed by atoms with Crippen molar-refractivity contribution in [2.45, 2.75) is 13.0 Å². The van der Waals surface area contributed by atoms with Gasteiger partial charge >= 0.3 is 0 Å². The molecule has 0 saturated carbocycles. The normalized spacial score (nSPS) is 22.4. The average Bonchev–Trinajstić information content (AvgIpc) is 2.76. The van der Waals surface area contributed by atoms with Gasteiger partial charge in [-0.15, -0.1) is 11.3 Å². The van der Waals surface area contributed by atoms with Crippen LogP contribution in [-0.2, 0) is 6.54 Å². The van der Waals surface area contributed by atoms with E-state index in [1.165, 1.54) is 24.4 Å². The van der Waals surface area contributed by atoms with Crippen molar-refractivity contribution in [2.75, 3.05) is 26.7 Å². The van der Waals surface area contributed by atoms with E-state index in [1.807, 2.05) is 11.4 Å². The van der Waals surface area contributed by atoms with Crippen LogP contribution in [0.2, 0.25) is 5.02 Å². The molecule has 1 aliphatic rings. The SMILES string of the molecule is CN1CCC(CNCc2cc(Cl)cs2)C1. The fourth-order valence-corrected chi connectivity index (χ4v) is 3.08. The van der Waals surface area contributed by atoms with Gasteiger partial charge in [0.2, 0.25) is 0 Å². The maximum atomic E-state index is 5.86. The van der Waals surface area contributed by atoms with Crippen LogP contribution >= 0.6 is 22.9 Å². The van der Waals surface area contributed by atoms with E-state index in [2.05, 4.69) is 17.3 Å². The first-order valence-corrected chi connectivity index (χ1v) is 6.62. The van der Waals surface area contributed by atoms with Crippen LogP contribution in [0.4, 0.5) is 0 Å². The fraction of sp³-hybridized carbons (Fsp3) is 0.636. The molecule has 4 heteroatoms. The first-order chi connectivity index (χ1) is 7.24. The Balaban J connectivity index is 1.67. The highest BCUT2D eigenvalue weighted by atomic mass is 35.5. The zero-order valence-corrected chi connectivity index (χ0v) is 10.6. The molecule has 2 nitrogen and oxygen atoms in total. The van der Waals surface area contributed by atoms with E-state index in [9.17, 15) is 0 Å². The third kappa shape index (κ3) is 3.45. The number of nitrogens with zero attached hydrogens (tertiary/aromatic N) is 1. The van der Waals surface area contributed by atoms with Gasteiger partial charge in [-0.3, -0.25) is 0 Å². The van der Waals surface area contributed by atoms with Crippen LogP contribution < -0.4 is 5.32 Å². The quantitative estimate of drug-likeness (QED) is 0.875. The van der Waals surface area contributed by atoms with Gasteiger partial charge in [0, 0.05) is 23.3 Å². The Labute approximate surface area is 100 Å². The van der Waals surface area contributed by atoms with Gasteiger partial charge in [0.1, 0.15) is 0 Å². The summed E-state index contributed by atoms with van der Waals surface area (Å²) in [5.74, 6) is 0.824. The predicted molar refractivity (Wildman–Crippen MR) is 66.6 cm³/mol. The number of hydrogen-bond acceptors (Lipinski definition) is 3. The molecule has 0 spiro atoms. The highest BCUT2D eigenvalue weighted by Crippen LogP contribution is 2.19. The molecule has 2 heterocycles. The molecule has 1 saturated heterocycles. The van der Waals surface area contributed by atoms with E-state index in [-0.39, 0.29) is 0 Å². The molecule has 1 aliphatic heterocycles. The van der Waals surface area contributed by atoms with Crippen molar-refractivity contribution < 1.29 is 0 Å². The third-order valence-corrected chi connectivity index (χ3v) is 4.13. The zero-order valence-electron chi connectivity index (χ0n) is 9.00. The molecular formula is C11H17ClN2S. The molecule has 0 aliphatic carbocycles. The maximum Gasteiger partial charge on any atom is 0.0516 e. The number of rotatable bonds is 4. The standard InChI is InChI=1S/C11H17ClN2S/c1-14-3-2-9(7-14)5-13-6-11-4-10(12)8-15-11/h4,8-9,13H,2-3,5-7H2,1H3. The lowest BCUT2D eigenvalue weighted by Crippen LogP contribution is -2.24. The Kier molecular flexibility index (Phi) is 4.03. The summed E-state index contributed by atoms with van der Waals surface area (Å²) >= 11 is 7.59. The molecule has 1 aromatic heterocycles. The van der Waals surface area contributed by atoms with Crippen molar-refractivity contribution in [3.63, 3.8) is 0 Å². The molecule has 15 heavy (non-hydrogen) atoms. The number of likely N-dealkylation sites (tertiary alicyclic amines) is 1. The zero-order chi connectivity index (χ0) is 10.7. The Morgan fingerprint density at radius 3 is 3.13 bits per heavy atom. The van der Waals surface area contributed by atoms with Crippen molar-refractivity contribution in [1.82, 2.24) is 10.2 Å². The van der Waals surface area contributed by atoms with Crippen LogP contribution in [0.15, 0.2) is 11.4 Å². The number of thiophene rings is 1. The van der Waals surface area contributed by atoms with E-state index < -0.39 is 0 Å². The predicted octanol–water partition coefficient (Wildman–Crippen LogP) is 2.44. The second-order valence-corrected chi connectivity index (χ2v) is 5.71. The molecule has 1 aromatic rings. The van der Waals surface area contributed by atoms with E-state index in [4.69, 9.17) is 11.6 Å². The number of hydrogen-bond donors (Lipinski definition) is 1. The molecular weight excluding hydrogens is 228 g/mol. The largest absolute Gasteiger partial charge is 0.312 e. The maximum absolute atomic E-state index is 5.86. The van der Waals surface area contributed by atoms with Gasteiger partial charge < -0.3 is 10.2 Å². The van der Waals surface area contributed by atoms with E-state index in [0.717, 1.165) is 24.0 Å². The molecule has 0 bridgehead atoms. The van der Waals surface area contributed by atoms with Crippen molar-refractivity contribution in [3.05, 3.63) is 21.3 Å². The second-order valence-electron chi connectivity index (χ2n) is 4.28. The Hall–Kier alpha value is -0.0900. The lowest BCUT2D eigenvalue weighted by atomic mass is 10.1. The fourth-order valence-electron chi connectivity index (χ4n) is 2.04. The summed E-state index contributed by atoms with van der Waals surface area (Å²) in [4.78, 5) is 3.72. The van der Waals surface area contributed by atoms with Gasteiger partial charge in [-0.1, -0.05) is 11.6 Å². The Morgan fingerprint density at radius 1 is 1.67 bits per heavy atom. The van der Waals surface area contributed by atoms with Gasteiger partial charge in [0.05, 0.1) is 5.02 Å². The van der Waals surface area contributed by atoms with Gasteiger partial charge in [0.25, 0.3) is 0 Å². The molecule has 2 rings (SSSR count). The first kappa shape index (κ1) is 11.4. The highest BCUT2D eigenvalue weighted by Gasteiger charge is 2.18. The van der Waals surface area contributed by atoms with Crippen LogP contribution in [-0.4, -0.2) is 31.6 Å². The summed E-state index contributed by atoms with van der Waals surface area (Å²) in [6.07, 6.45) is 1.33. The molecule has 0 aromatic carbocycles. The molecule has 1 atom stereocenters. The Bertz CT molecular complexity index is 313. The van der Waals surface area contributed by atoms with Gasteiger partial charge in [-0.05, 0) is 38.5 Å². The van der Waals surface area contributed by atoms with E-state index >= 15 is 0 Å². The molecule has 84 valence electrons. The van der Waals surface area contributed by atoms with Crippen molar-refractivity contribution in [1.29, 1.82) is 0 Å². The van der Waals surface area contributed by atoms with Crippen LogP contribution in [0.25, 0.3) is 0 Å². The van der Waals surface area contributed by atoms with Gasteiger partial charge in [0.15, 0.2) is 0 Å². The Morgan fingerprint density at radius 2 is 2.53 bits per heavy atom. The van der Waals surface area contributed by atoms with Crippen LogP contribution in [0, 0.1) is 5.92 Å². The lowest BCUT2D eigenvalue weighted by Gasteiger charge is -2.10. The van der Waals surface area contributed by atoms with Crippen molar-refractivity contribution in [2.24, 2.45) is 5.92 Å². The monoisotopic (exact) mass is 244 g/mol. The third-order valence-electron chi connectivity index (χ3n) is 2.84. The summed E-state index contributed by atoms with van der Waals surface area (Å²) < 4.78 is 0. The summed E-state index contributed by atoms with van der Waals surface area (Å²) in [5.41, 5.74) is 0. The van der Waals surface area contributed by atoms with Crippen LogP contribution in [0.1, 0.15) is 11.3 Å². The summed E-state index contributed by atoms with van der Waals surface area (Å²) in [6, 6.07) is 2.04. The topological polar surface area (TPSA) is 15.3 Å². The minimum Gasteiger partial charge on any atom is -0.312 e. The molecule has 0 radical (unpaired) electrons. The van der Waals surface area contributed by atoms with Crippen molar-refractivity contribution in [3.8, 4) is 0 Å². The number of nitrogens with one attached hydrogen (secondary N) is 1. The van der Waals surface area contributed by atoms with Crippen molar-refractivity contribution >= 4 is 22.9 Å². The molecule has 1 fully saturated rings. The summed E-state index contributed by atoms with van der Waals surface area (Å²) in [5, 5.41) is 6.35. The average molecular weight is 245 g/mol. The second kappa shape index (κ2) is 5.30. The summed E-state index contributed by atoms with van der Waals surface area (Å²) in [6.45, 7) is 4.56. The minimum atomic E-state index is 0.824. The van der Waals surface area contributed by atoms with E-state index in [0.29, 0.717) is 0 Å². The lowest BCUT2D eigenvalue weighted by molar-refractivity contribution is 0.388.